The second kappa shape index (κ2) is 9.25. The highest BCUT2D eigenvalue weighted by molar-refractivity contribution is 7.89. The Labute approximate surface area is 164 Å². The lowest BCUT2D eigenvalue weighted by Crippen LogP contribution is -2.29. The average Bonchev–Trinajstić information content (AvgIpc) is 2.73. The van der Waals surface area contributed by atoms with E-state index in [0.29, 0.717) is 18.2 Å². The van der Waals surface area contributed by atoms with Crippen LogP contribution in [0.1, 0.15) is 12.5 Å². The van der Waals surface area contributed by atoms with Crippen LogP contribution in [-0.2, 0) is 16.4 Å². The van der Waals surface area contributed by atoms with Gasteiger partial charge in [-0.1, -0.05) is 19.1 Å². The van der Waals surface area contributed by atoms with Crippen molar-refractivity contribution in [3.8, 4) is 0 Å². The minimum atomic E-state index is -3.52. The summed E-state index contributed by atoms with van der Waals surface area (Å²) in [6.07, 6.45) is 4.25. The zero-order valence-corrected chi connectivity index (χ0v) is 16.3. The Hall–Kier alpha value is -3.04. The highest BCUT2D eigenvalue weighted by Crippen LogP contribution is 2.13. The molecule has 8 nitrogen and oxygen atoms in total. The summed E-state index contributed by atoms with van der Waals surface area (Å²) in [4.78, 5) is 4.28. The van der Waals surface area contributed by atoms with E-state index in [2.05, 4.69) is 30.5 Å². The fourth-order valence-electron chi connectivity index (χ4n) is 2.44. The van der Waals surface area contributed by atoms with Gasteiger partial charge in [-0.25, -0.2) is 13.1 Å². The maximum absolute atomic E-state index is 12.3. The summed E-state index contributed by atoms with van der Waals surface area (Å²) in [5, 5.41) is 14.3. The quantitative estimate of drug-likeness (QED) is 0.475. The summed E-state index contributed by atoms with van der Waals surface area (Å²) in [7, 11) is -3.52. The maximum atomic E-state index is 12.3. The van der Waals surface area contributed by atoms with Crippen molar-refractivity contribution in [1.82, 2.24) is 19.9 Å². The van der Waals surface area contributed by atoms with E-state index in [1.54, 1.807) is 36.7 Å². The van der Waals surface area contributed by atoms with Gasteiger partial charge in [0.25, 0.3) is 0 Å². The molecule has 0 aliphatic rings. The molecule has 0 bridgehead atoms. The molecule has 0 radical (unpaired) electrons. The van der Waals surface area contributed by atoms with Crippen LogP contribution in [0.4, 0.5) is 17.3 Å². The second-order valence-corrected chi connectivity index (χ2v) is 7.76. The maximum Gasteiger partial charge on any atom is 0.240 e. The highest BCUT2D eigenvalue weighted by Gasteiger charge is 2.12. The van der Waals surface area contributed by atoms with Crippen LogP contribution in [0.2, 0.25) is 0 Å². The Balaban J connectivity index is 1.46. The molecule has 2 aromatic heterocycles. The van der Waals surface area contributed by atoms with Gasteiger partial charge in [0.1, 0.15) is 5.82 Å². The lowest BCUT2D eigenvalue weighted by molar-refractivity contribution is 0.583. The summed E-state index contributed by atoms with van der Waals surface area (Å²) in [5.74, 6) is 1.15. The van der Waals surface area contributed by atoms with Crippen LogP contribution in [0.15, 0.2) is 65.8 Å². The number of hydrogen-bond donors (Lipinski definition) is 3. The van der Waals surface area contributed by atoms with Gasteiger partial charge in [0.2, 0.25) is 10.0 Å². The third-order valence-corrected chi connectivity index (χ3v) is 5.44. The number of aromatic nitrogens is 3. The molecule has 0 fully saturated rings. The summed E-state index contributed by atoms with van der Waals surface area (Å²) in [6.45, 7) is 2.64. The Kier molecular flexibility index (Phi) is 6.51. The first-order valence-corrected chi connectivity index (χ1v) is 10.4. The number of pyridine rings is 1. The molecular formula is C19H22N6O2S. The zero-order chi connectivity index (χ0) is 19.8. The molecule has 0 aliphatic carbocycles. The minimum absolute atomic E-state index is 0.231. The first kappa shape index (κ1) is 19.7. The molecule has 0 amide bonds. The molecule has 0 aliphatic heterocycles. The highest BCUT2D eigenvalue weighted by atomic mass is 32.2. The lowest BCUT2D eigenvalue weighted by Gasteiger charge is -2.09. The van der Waals surface area contributed by atoms with Gasteiger partial charge in [-0.2, -0.15) is 0 Å². The molecular weight excluding hydrogens is 376 g/mol. The summed E-state index contributed by atoms with van der Waals surface area (Å²) in [6, 6.07) is 14.1. The van der Waals surface area contributed by atoms with Crippen LogP contribution in [0, 0.1) is 0 Å². The Bertz CT molecular complexity index is 977. The number of rotatable bonds is 9. The summed E-state index contributed by atoms with van der Waals surface area (Å²) in [5.41, 5.74) is 1.92. The standard InChI is InChI=1S/C19H22N6O2S/c1-2-15-5-7-17(8-6-15)28(26,27)22-13-12-21-18-9-10-19(25-24-18)23-16-4-3-11-20-14-16/h3-11,14,22H,2,12-13H2,1H3,(H,21,24)(H,23,25). The van der Waals surface area contributed by atoms with Crippen molar-refractivity contribution in [2.45, 2.75) is 18.2 Å². The molecule has 3 aromatic rings. The van der Waals surface area contributed by atoms with Crippen molar-refractivity contribution >= 4 is 27.3 Å². The number of nitrogens with zero attached hydrogens (tertiary/aromatic N) is 3. The predicted octanol–water partition coefficient (Wildman–Crippen LogP) is 2.57. The van der Waals surface area contributed by atoms with E-state index in [-0.39, 0.29) is 11.4 Å². The van der Waals surface area contributed by atoms with E-state index < -0.39 is 10.0 Å². The lowest BCUT2D eigenvalue weighted by atomic mass is 10.2. The van der Waals surface area contributed by atoms with Crippen LogP contribution in [-0.4, -0.2) is 36.7 Å². The zero-order valence-electron chi connectivity index (χ0n) is 15.5. The van der Waals surface area contributed by atoms with Crippen molar-refractivity contribution in [3.63, 3.8) is 0 Å². The first-order chi connectivity index (χ1) is 13.6. The van der Waals surface area contributed by atoms with Crippen molar-refractivity contribution < 1.29 is 8.42 Å². The van der Waals surface area contributed by atoms with Crippen molar-refractivity contribution in [1.29, 1.82) is 0 Å². The summed E-state index contributed by atoms with van der Waals surface area (Å²) >= 11 is 0. The van der Waals surface area contributed by atoms with E-state index in [1.807, 2.05) is 31.2 Å². The summed E-state index contributed by atoms with van der Waals surface area (Å²) < 4.78 is 27.1. The van der Waals surface area contributed by atoms with E-state index in [9.17, 15) is 8.42 Å². The van der Waals surface area contributed by atoms with Crippen LogP contribution < -0.4 is 15.4 Å². The van der Waals surface area contributed by atoms with E-state index >= 15 is 0 Å². The fraction of sp³-hybridized carbons (Fsp3) is 0.211. The molecule has 3 rings (SSSR count). The molecule has 0 unspecified atom stereocenters. The molecule has 2 heterocycles. The normalized spacial score (nSPS) is 11.2. The van der Waals surface area contributed by atoms with Crippen molar-refractivity contribution in [3.05, 3.63) is 66.5 Å². The van der Waals surface area contributed by atoms with Crippen molar-refractivity contribution in [2.24, 2.45) is 0 Å². The number of anilines is 3. The Morgan fingerprint density at radius 2 is 1.68 bits per heavy atom. The van der Waals surface area contributed by atoms with Crippen LogP contribution in [0.3, 0.4) is 0 Å². The largest absolute Gasteiger partial charge is 0.367 e. The first-order valence-electron chi connectivity index (χ1n) is 8.90. The van der Waals surface area contributed by atoms with Crippen LogP contribution in [0.25, 0.3) is 0 Å². The SMILES string of the molecule is CCc1ccc(S(=O)(=O)NCCNc2ccc(Nc3cccnc3)nn2)cc1. The molecule has 1 aromatic carbocycles. The van der Waals surface area contributed by atoms with Gasteiger partial charge >= 0.3 is 0 Å². The van der Waals surface area contributed by atoms with E-state index in [1.165, 1.54) is 0 Å². The van der Waals surface area contributed by atoms with E-state index in [4.69, 9.17) is 0 Å². The number of nitrogens with one attached hydrogen (secondary N) is 3. The predicted molar refractivity (Wildman–Crippen MR) is 109 cm³/mol. The number of benzene rings is 1. The van der Waals surface area contributed by atoms with Gasteiger partial charge in [-0.05, 0) is 48.4 Å². The van der Waals surface area contributed by atoms with Gasteiger partial charge < -0.3 is 10.6 Å². The van der Waals surface area contributed by atoms with E-state index in [0.717, 1.165) is 17.7 Å². The molecule has 0 spiro atoms. The van der Waals surface area contributed by atoms with Crippen molar-refractivity contribution in [2.75, 3.05) is 23.7 Å². The fourth-order valence-corrected chi connectivity index (χ4v) is 3.47. The number of hydrogen-bond acceptors (Lipinski definition) is 7. The molecule has 146 valence electrons. The molecule has 28 heavy (non-hydrogen) atoms. The smallest absolute Gasteiger partial charge is 0.240 e. The molecule has 0 atom stereocenters. The number of sulfonamides is 1. The van der Waals surface area contributed by atoms with Gasteiger partial charge in [0, 0.05) is 19.3 Å². The number of aryl methyl sites for hydroxylation is 1. The average molecular weight is 398 g/mol. The van der Waals surface area contributed by atoms with Gasteiger partial charge in [-0.3, -0.25) is 4.98 Å². The molecule has 9 heteroatoms. The van der Waals surface area contributed by atoms with Crippen LogP contribution in [0.5, 0.6) is 0 Å². The van der Waals surface area contributed by atoms with Gasteiger partial charge in [-0.15, -0.1) is 10.2 Å². The van der Waals surface area contributed by atoms with Crippen LogP contribution >= 0.6 is 0 Å². The Morgan fingerprint density at radius 3 is 2.32 bits per heavy atom. The molecule has 0 saturated heterocycles. The third-order valence-electron chi connectivity index (χ3n) is 3.96. The monoisotopic (exact) mass is 398 g/mol. The third kappa shape index (κ3) is 5.48. The van der Waals surface area contributed by atoms with Gasteiger partial charge in [0.15, 0.2) is 5.82 Å². The topological polar surface area (TPSA) is 109 Å². The molecule has 3 N–H and O–H groups in total. The van der Waals surface area contributed by atoms with Gasteiger partial charge in [0.05, 0.1) is 16.8 Å². The minimum Gasteiger partial charge on any atom is -0.367 e. The second-order valence-electron chi connectivity index (χ2n) is 5.99. The molecule has 0 saturated carbocycles. The Morgan fingerprint density at radius 1 is 0.929 bits per heavy atom.